The summed E-state index contributed by atoms with van der Waals surface area (Å²) in [6, 6.07) is 7.48. The molecule has 0 aliphatic heterocycles. The molecule has 0 saturated carbocycles. The van der Waals surface area contributed by atoms with Crippen LogP contribution >= 0.6 is 11.6 Å². The molecule has 3 nitrogen and oxygen atoms in total. The van der Waals surface area contributed by atoms with Gasteiger partial charge in [-0.15, -0.1) is 0 Å². The van der Waals surface area contributed by atoms with Crippen molar-refractivity contribution in [1.82, 2.24) is 10.2 Å². The van der Waals surface area contributed by atoms with E-state index in [2.05, 4.69) is 19.2 Å². The number of nitrogens with zero attached hydrogens (tertiary/aromatic N) is 1. The highest BCUT2D eigenvalue weighted by atomic mass is 35.5. The maximum atomic E-state index is 12.0. The van der Waals surface area contributed by atoms with E-state index in [0.29, 0.717) is 5.02 Å². The molecule has 0 bridgehead atoms. The topological polar surface area (TPSA) is 32.3 Å². The maximum absolute atomic E-state index is 12.0. The van der Waals surface area contributed by atoms with E-state index in [-0.39, 0.29) is 6.03 Å². The SMILES string of the molecule is CCCCN(CCC)C(=O)N/C=C/c1ccccc1Cl. The summed E-state index contributed by atoms with van der Waals surface area (Å²) in [7, 11) is 0. The van der Waals surface area contributed by atoms with Crippen molar-refractivity contribution in [3.8, 4) is 0 Å². The van der Waals surface area contributed by atoms with Gasteiger partial charge in [-0.1, -0.05) is 50.1 Å². The lowest BCUT2D eigenvalue weighted by Gasteiger charge is -2.21. The van der Waals surface area contributed by atoms with Gasteiger partial charge in [-0.05, 0) is 30.5 Å². The fourth-order valence-corrected chi connectivity index (χ4v) is 2.04. The Morgan fingerprint density at radius 3 is 2.65 bits per heavy atom. The van der Waals surface area contributed by atoms with Gasteiger partial charge in [0.1, 0.15) is 0 Å². The molecule has 0 spiro atoms. The minimum absolute atomic E-state index is 0.0522. The molecular weight excluding hydrogens is 272 g/mol. The van der Waals surface area contributed by atoms with Gasteiger partial charge in [0, 0.05) is 24.3 Å². The molecule has 0 aliphatic rings. The second-order valence-corrected chi connectivity index (χ2v) is 5.05. The van der Waals surface area contributed by atoms with Crippen LogP contribution in [0.15, 0.2) is 30.5 Å². The fourth-order valence-electron chi connectivity index (χ4n) is 1.84. The van der Waals surface area contributed by atoms with Crippen LogP contribution in [0.4, 0.5) is 4.79 Å². The number of halogens is 1. The van der Waals surface area contributed by atoms with Crippen LogP contribution in [0, 0.1) is 0 Å². The molecule has 0 fully saturated rings. The number of amides is 2. The molecule has 0 heterocycles. The largest absolute Gasteiger partial charge is 0.325 e. The summed E-state index contributed by atoms with van der Waals surface area (Å²) in [5, 5.41) is 3.48. The zero-order chi connectivity index (χ0) is 14.8. The molecule has 0 aliphatic carbocycles. The Kier molecular flexibility index (Phi) is 7.81. The molecule has 1 N–H and O–H groups in total. The first kappa shape index (κ1) is 16.6. The first-order chi connectivity index (χ1) is 9.69. The normalized spacial score (nSPS) is 10.8. The van der Waals surface area contributed by atoms with Crippen LogP contribution in [-0.4, -0.2) is 24.0 Å². The van der Waals surface area contributed by atoms with Gasteiger partial charge in [-0.2, -0.15) is 0 Å². The standard InChI is InChI=1S/C16H23ClN2O/c1-3-5-13-19(12-4-2)16(20)18-11-10-14-8-6-7-9-15(14)17/h6-11H,3-5,12-13H2,1-2H3,(H,18,20)/b11-10+. The van der Waals surface area contributed by atoms with Gasteiger partial charge in [0.25, 0.3) is 0 Å². The average Bonchev–Trinajstić information content (AvgIpc) is 2.45. The summed E-state index contributed by atoms with van der Waals surface area (Å²) >= 11 is 6.05. The fraction of sp³-hybridized carbons (Fsp3) is 0.438. The second kappa shape index (κ2) is 9.43. The van der Waals surface area contributed by atoms with Crippen LogP contribution in [0.1, 0.15) is 38.7 Å². The molecule has 20 heavy (non-hydrogen) atoms. The van der Waals surface area contributed by atoms with E-state index in [9.17, 15) is 4.79 Å². The Morgan fingerprint density at radius 1 is 1.25 bits per heavy atom. The van der Waals surface area contributed by atoms with Crippen molar-refractivity contribution in [3.05, 3.63) is 41.1 Å². The van der Waals surface area contributed by atoms with Gasteiger partial charge in [-0.25, -0.2) is 4.79 Å². The van der Waals surface area contributed by atoms with Crippen LogP contribution < -0.4 is 5.32 Å². The van der Waals surface area contributed by atoms with Crippen molar-refractivity contribution in [1.29, 1.82) is 0 Å². The van der Waals surface area contributed by atoms with Gasteiger partial charge < -0.3 is 10.2 Å². The lowest BCUT2D eigenvalue weighted by molar-refractivity contribution is 0.200. The van der Waals surface area contributed by atoms with Gasteiger partial charge in [0.2, 0.25) is 0 Å². The van der Waals surface area contributed by atoms with Gasteiger partial charge in [0.05, 0.1) is 0 Å². The first-order valence-corrected chi connectivity index (χ1v) is 7.53. The third-order valence-corrected chi connectivity index (χ3v) is 3.28. The van der Waals surface area contributed by atoms with E-state index in [1.807, 2.05) is 35.2 Å². The molecule has 0 radical (unpaired) electrons. The second-order valence-electron chi connectivity index (χ2n) is 4.64. The van der Waals surface area contributed by atoms with E-state index >= 15 is 0 Å². The van der Waals surface area contributed by atoms with Crippen LogP contribution in [0.2, 0.25) is 5.02 Å². The van der Waals surface area contributed by atoms with Crippen LogP contribution in [0.3, 0.4) is 0 Å². The number of urea groups is 1. The summed E-state index contributed by atoms with van der Waals surface area (Å²) in [5.41, 5.74) is 0.894. The molecule has 1 rings (SSSR count). The highest BCUT2D eigenvalue weighted by molar-refractivity contribution is 6.32. The monoisotopic (exact) mass is 294 g/mol. The molecule has 0 atom stereocenters. The Morgan fingerprint density at radius 2 is 2.00 bits per heavy atom. The third-order valence-electron chi connectivity index (χ3n) is 2.94. The summed E-state index contributed by atoms with van der Waals surface area (Å²) in [4.78, 5) is 13.9. The smallest absolute Gasteiger partial charge is 0.321 e. The summed E-state index contributed by atoms with van der Waals surface area (Å²) in [6.07, 6.45) is 6.54. The van der Waals surface area contributed by atoms with Crippen LogP contribution in [-0.2, 0) is 0 Å². The van der Waals surface area contributed by atoms with Gasteiger partial charge >= 0.3 is 6.03 Å². The highest BCUT2D eigenvalue weighted by Crippen LogP contribution is 2.15. The number of nitrogens with one attached hydrogen (secondary N) is 1. The predicted octanol–water partition coefficient (Wildman–Crippen LogP) is 4.53. The quantitative estimate of drug-likeness (QED) is 0.787. The Hall–Kier alpha value is -1.48. The average molecular weight is 295 g/mol. The van der Waals surface area contributed by atoms with Crippen LogP contribution in [0.25, 0.3) is 6.08 Å². The van der Waals surface area contributed by atoms with E-state index in [0.717, 1.165) is 37.9 Å². The number of hydrogen-bond acceptors (Lipinski definition) is 1. The maximum Gasteiger partial charge on any atom is 0.321 e. The van der Waals surface area contributed by atoms with E-state index in [1.165, 1.54) is 0 Å². The highest BCUT2D eigenvalue weighted by Gasteiger charge is 2.09. The van der Waals surface area contributed by atoms with Gasteiger partial charge in [0.15, 0.2) is 0 Å². The van der Waals surface area contributed by atoms with Gasteiger partial charge in [-0.3, -0.25) is 0 Å². The lowest BCUT2D eigenvalue weighted by atomic mass is 10.2. The number of benzene rings is 1. The van der Waals surface area contributed by atoms with Crippen molar-refractivity contribution in [3.63, 3.8) is 0 Å². The molecule has 0 aromatic heterocycles. The summed E-state index contributed by atoms with van der Waals surface area (Å²) in [6.45, 7) is 5.78. The molecule has 0 unspecified atom stereocenters. The number of rotatable bonds is 7. The molecular formula is C16H23ClN2O. The summed E-state index contributed by atoms with van der Waals surface area (Å²) in [5.74, 6) is 0. The van der Waals surface area contributed by atoms with E-state index in [1.54, 1.807) is 6.20 Å². The van der Waals surface area contributed by atoms with Crippen molar-refractivity contribution >= 4 is 23.7 Å². The predicted molar refractivity (Wildman–Crippen MR) is 85.8 cm³/mol. The van der Waals surface area contributed by atoms with Crippen molar-refractivity contribution in [2.75, 3.05) is 13.1 Å². The molecule has 0 saturated heterocycles. The molecule has 1 aromatic rings. The van der Waals surface area contributed by atoms with Crippen molar-refractivity contribution < 1.29 is 4.79 Å². The number of unbranched alkanes of at least 4 members (excludes halogenated alkanes) is 1. The minimum atomic E-state index is -0.0522. The zero-order valence-corrected chi connectivity index (χ0v) is 13.0. The molecule has 110 valence electrons. The van der Waals surface area contributed by atoms with Crippen molar-refractivity contribution in [2.24, 2.45) is 0 Å². The van der Waals surface area contributed by atoms with E-state index in [4.69, 9.17) is 11.6 Å². The third kappa shape index (κ3) is 5.66. The Balaban J connectivity index is 2.53. The minimum Gasteiger partial charge on any atom is -0.325 e. The number of hydrogen-bond donors (Lipinski definition) is 1. The Bertz CT molecular complexity index is 446. The van der Waals surface area contributed by atoms with Crippen LogP contribution in [0.5, 0.6) is 0 Å². The lowest BCUT2D eigenvalue weighted by Crippen LogP contribution is -2.38. The van der Waals surface area contributed by atoms with E-state index < -0.39 is 0 Å². The number of carbonyl (C=O) groups is 1. The molecule has 4 heteroatoms. The Labute approximate surface area is 126 Å². The first-order valence-electron chi connectivity index (χ1n) is 7.15. The number of carbonyl (C=O) groups excluding carboxylic acids is 1. The zero-order valence-electron chi connectivity index (χ0n) is 12.2. The molecule has 2 amide bonds. The summed E-state index contributed by atoms with van der Waals surface area (Å²) < 4.78 is 0. The molecule has 1 aromatic carbocycles. The van der Waals surface area contributed by atoms with Crippen molar-refractivity contribution in [2.45, 2.75) is 33.1 Å².